The fourth-order valence-corrected chi connectivity index (χ4v) is 2.29. The molecule has 20 heavy (non-hydrogen) atoms. The maximum absolute atomic E-state index is 12.0. The third-order valence-corrected chi connectivity index (χ3v) is 3.95. The predicted octanol–water partition coefficient (Wildman–Crippen LogP) is 3.83. The van der Waals surface area contributed by atoms with Crippen molar-refractivity contribution in [2.45, 2.75) is 25.5 Å². The highest BCUT2D eigenvalue weighted by atomic mass is 35.5. The average Bonchev–Trinajstić information content (AvgIpc) is 2.37. The first-order chi connectivity index (χ1) is 9.26. The molecule has 0 spiro atoms. The fraction of sp³-hybridized carbons (Fsp3) is 0.500. The smallest absolute Gasteiger partial charge is 0.234 e. The number of nitrogens with one attached hydrogen (secondary N) is 1. The van der Waals surface area contributed by atoms with Gasteiger partial charge in [-0.15, -0.1) is 11.8 Å². The molecule has 1 amide bonds. The van der Waals surface area contributed by atoms with E-state index in [1.165, 1.54) is 14.2 Å². The van der Waals surface area contributed by atoms with Crippen molar-refractivity contribution >= 4 is 35.0 Å². The summed E-state index contributed by atoms with van der Waals surface area (Å²) >= 11 is 7.59. The minimum Gasteiger partial charge on any atom is -0.495 e. The molecule has 0 aliphatic rings. The molecule has 4 nitrogen and oxygen atoms in total. The summed E-state index contributed by atoms with van der Waals surface area (Å²) < 4.78 is 10.4. The molecule has 0 bridgehead atoms. The van der Waals surface area contributed by atoms with E-state index in [4.69, 9.17) is 21.1 Å². The monoisotopic (exact) mass is 317 g/mol. The van der Waals surface area contributed by atoms with Crippen molar-refractivity contribution in [1.29, 1.82) is 0 Å². The molecule has 0 aliphatic heterocycles. The number of hydrogen-bond donors (Lipinski definition) is 1. The lowest BCUT2D eigenvalue weighted by Gasteiger charge is -2.18. The van der Waals surface area contributed by atoms with E-state index in [1.54, 1.807) is 23.9 Å². The molecule has 0 saturated heterocycles. The summed E-state index contributed by atoms with van der Waals surface area (Å²) in [5, 5.41) is 3.25. The lowest BCUT2D eigenvalue weighted by Crippen LogP contribution is -2.19. The highest BCUT2D eigenvalue weighted by Crippen LogP contribution is 2.36. The van der Waals surface area contributed by atoms with Gasteiger partial charge in [0.05, 0.1) is 30.7 Å². The third-order valence-electron chi connectivity index (χ3n) is 2.38. The molecule has 0 saturated carbocycles. The Morgan fingerprint density at radius 3 is 2.35 bits per heavy atom. The van der Waals surface area contributed by atoms with Gasteiger partial charge in [0.2, 0.25) is 5.91 Å². The number of amides is 1. The highest BCUT2D eigenvalue weighted by Gasteiger charge is 2.16. The number of halogens is 1. The molecule has 0 unspecified atom stereocenters. The zero-order valence-electron chi connectivity index (χ0n) is 12.4. The van der Waals surface area contributed by atoms with Crippen molar-refractivity contribution in [3.8, 4) is 11.5 Å². The lowest BCUT2D eigenvalue weighted by molar-refractivity contribution is -0.113. The Morgan fingerprint density at radius 1 is 1.25 bits per heavy atom. The number of carbonyl (C=O) groups is 1. The van der Waals surface area contributed by atoms with Crippen LogP contribution in [0.3, 0.4) is 0 Å². The number of carbonyl (C=O) groups excluding carboxylic acids is 1. The van der Waals surface area contributed by atoms with E-state index in [1.807, 2.05) is 0 Å². The molecule has 112 valence electrons. The fourth-order valence-electron chi connectivity index (χ4n) is 1.43. The molecule has 1 N–H and O–H groups in total. The Bertz CT molecular complexity index is 486. The Morgan fingerprint density at radius 2 is 1.85 bits per heavy atom. The maximum atomic E-state index is 12.0. The molecule has 1 aromatic rings. The molecule has 0 fully saturated rings. The summed E-state index contributed by atoms with van der Waals surface area (Å²) in [6.45, 7) is 6.20. The molecule has 0 heterocycles. The van der Waals surface area contributed by atoms with Gasteiger partial charge in [-0.25, -0.2) is 0 Å². The molecular formula is C14H20ClNO3S. The van der Waals surface area contributed by atoms with Gasteiger partial charge in [0.25, 0.3) is 0 Å². The van der Waals surface area contributed by atoms with Gasteiger partial charge in [-0.1, -0.05) is 32.4 Å². The average molecular weight is 318 g/mol. The van der Waals surface area contributed by atoms with Gasteiger partial charge < -0.3 is 14.8 Å². The van der Waals surface area contributed by atoms with Gasteiger partial charge in [0, 0.05) is 16.9 Å². The molecule has 0 aromatic heterocycles. The second-order valence-electron chi connectivity index (χ2n) is 5.14. The van der Waals surface area contributed by atoms with E-state index in [-0.39, 0.29) is 10.7 Å². The Labute approximate surface area is 129 Å². The van der Waals surface area contributed by atoms with Crippen LogP contribution < -0.4 is 14.8 Å². The summed E-state index contributed by atoms with van der Waals surface area (Å²) in [6, 6.07) is 3.27. The van der Waals surface area contributed by atoms with E-state index in [0.717, 1.165) is 0 Å². The second kappa shape index (κ2) is 7.09. The maximum Gasteiger partial charge on any atom is 0.234 e. The number of ether oxygens (including phenoxy) is 2. The predicted molar refractivity (Wildman–Crippen MR) is 85.4 cm³/mol. The van der Waals surface area contributed by atoms with Crippen molar-refractivity contribution in [2.24, 2.45) is 0 Å². The van der Waals surface area contributed by atoms with Crippen LogP contribution >= 0.6 is 23.4 Å². The zero-order chi connectivity index (χ0) is 15.3. The van der Waals surface area contributed by atoms with Crippen LogP contribution in [0.25, 0.3) is 0 Å². The first-order valence-electron chi connectivity index (χ1n) is 6.12. The van der Waals surface area contributed by atoms with E-state index in [0.29, 0.717) is 28.0 Å². The third kappa shape index (κ3) is 5.13. The zero-order valence-corrected chi connectivity index (χ0v) is 13.9. The van der Waals surface area contributed by atoms with E-state index in [2.05, 4.69) is 26.1 Å². The summed E-state index contributed by atoms with van der Waals surface area (Å²) in [5.74, 6) is 1.28. The van der Waals surface area contributed by atoms with Gasteiger partial charge in [0.1, 0.15) is 11.5 Å². The van der Waals surface area contributed by atoms with Crippen LogP contribution in [-0.2, 0) is 4.79 Å². The van der Waals surface area contributed by atoms with Crippen molar-refractivity contribution in [2.75, 3.05) is 25.3 Å². The standard InChI is InChI=1S/C14H20ClNO3S/c1-14(2,3)20-8-13(17)16-10-7-11(18-4)9(15)6-12(10)19-5/h6-7H,8H2,1-5H3,(H,16,17). The number of anilines is 1. The first kappa shape index (κ1) is 17.0. The number of rotatable bonds is 5. The summed E-state index contributed by atoms with van der Waals surface area (Å²) in [7, 11) is 3.05. The second-order valence-corrected chi connectivity index (χ2v) is 7.35. The van der Waals surface area contributed by atoms with Crippen molar-refractivity contribution in [3.63, 3.8) is 0 Å². The molecule has 6 heteroatoms. The molecule has 0 atom stereocenters. The van der Waals surface area contributed by atoms with Gasteiger partial charge in [-0.3, -0.25) is 4.79 Å². The van der Waals surface area contributed by atoms with Crippen molar-refractivity contribution in [3.05, 3.63) is 17.2 Å². The van der Waals surface area contributed by atoms with Gasteiger partial charge >= 0.3 is 0 Å². The van der Waals surface area contributed by atoms with Crippen molar-refractivity contribution < 1.29 is 14.3 Å². The normalized spacial score (nSPS) is 11.1. The minimum atomic E-state index is -0.0902. The Hall–Kier alpha value is -1.07. The lowest BCUT2D eigenvalue weighted by atomic mass is 10.2. The quantitative estimate of drug-likeness (QED) is 0.896. The first-order valence-corrected chi connectivity index (χ1v) is 7.48. The van der Waals surface area contributed by atoms with Crippen LogP contribution in [0, 0.1) is 0 Å². The van der Waals surface area contributed by atoms with Gasteiger partial charge in [-0.05, 0) is 0 Å². The Kier molecular flexibility index (Phi) is 6.02. The SMILES string of the molecule is COc1cc(NC(=O)CSC(C)(C)C)c(OC)cc1Cl. The van der Waals surface area contributed by atoms with Crippen molar-refractivity contribution in [1.82, 2.24) is 0 Å². The van der Waals surface area contributed by atoms with Crippen LogP contribution in [0.1, 0.15) is 20.8 Å². The molecule has 0 aliphatic carbocycles. The molecular weight excluding hydrogens is 298 g/mol. The summed E-state index contributed by atoms with van der Waals surface area (Å²) in [5.41, 5.74) is 0.549. The van der Waals surface area contributed by atoms with Crippen LogP contribution in [0.15, 0.2) is 12.1 Å². The van der Waals surface area contributed by atoms with Crippen LogP contribution in [0.4, 0.5) is 5.69 Å². The molecule has 0 radical (unpaired) electrons. The topological polar surface area (TPSA) is 47.6 Å². The largest absolute Gasteiger partial charge is 0.495 e. The van der Waals surface area contributed by atoms with Crippen LogP contribution in [-0.4, -0.2) is 30.6 Å². The minimum absolute atomic E-state index is 0.0408. The number of methoxy groups -OCH3 is 2. The summed E-state index contributed by atoms with van der Waals surface area (Å²) in [6.07, 6.45) is 0. The molecule has 1 rings (SSSR count). The highest BCUT2D eigenvalue weighted by molar-refractivity contribution is 8.01. The number of benzene rings is 1. The van der Waals surface area contributed by atoms with E-state index < -0.39 is 0 Å². The number of hydrogen-bond acceptors (Lipinski definition) is 4. The van der Waals surface area contributed by atoms with Gasteiger partial charge in [-0.2, -0.15) is 0 Å². The number of thioether (sulfide) groups is 1. The van der Waals surface area contributed by atoms with Crippen LogP contribution in [0.5, 0.6) is 11.5 Å². The van der Waals surface area contributed by atoms with E-state index >= 15 is 0 Å². The van der Waals surface area contributed by atoms with Gasteiger partial charge in [0.15, 0.2) is 0 Å². The Balaban J connectivity index is 2.83. The van der Waals surface area contributed by atoms with Crippen LogP contribution in [0.2, 0.25) is 5.02 Å². The summed E-state index contributed by atoms with van der Waals surface area (Å²) in [4.78, 5) is 12.0. The molecule has 1 aromatic carbocycles. The van der Waals surface area contributed by atoms with E-state index in [9.17, 15) is 4.79 Å².